The largest absolute Gasteiger partial charge is 0.493 e. The number of thiazole rings is 1. The zero-order chi connectivity index (χ0) is 22.1. The Morgan fingerprint density at radius 1 is 1.10 bits per heavy atom. The van der Waals surface area contributed by atoms with Crippen LogP contribution in [0, 0.1) is 5.92 Å². The molecule has 4 rings (SSSR count). The van der Waals surface area contributed by atoms with E-state index in [2.05, 4.69) is 4.99 Å². The summed E-state index contributed by atoms with van der Waals surface area (Å²) < 4.78 is 19.0. The van der Waals surface area contributed by atoms with Gasteiger partial charge in [-0.3, -0.25) is 9.59 Å². The molecule has 0 spiro atoms. The minimum absolute atomic E-state index is 0.105. The Bertz CT molecular complexity index is 1200. The average molecular weight is 442 g/mol. The van der Waals surface area contributed by atoms with Gasteiger partial charge in [-0.15, -0.1) is 0 Å². The Kier molecular flexibility index (Phi) is 5.69. The molecule has 1 atom stereocenters. The van der Waals surface area contributed by atoms with Crippen molar-refractivity contribution in [2.45, 2.75) is 6.42 Å². The van der Waals surface area contributed by atoms with Crippen LogP contribution in [0.4, 0.5) is 5.69 Å². The summed E-state index contributed by atoms with van der Waals surface area (Å²) in [7, 11) is 6.43. The molecule has 0 N–H and O–H groups in total. The number of rotatable bonds is 5. The Balaban J connectivity index is 1.62. The number of ether oxygens (including phenoxy) is 3. The summed E-state index contributed by atoms with van der Waals surface area (Å²) >= 11 is 1.45. The Hall–Kier alpha value is -3.33. The Morgan fingerprint density at radius 3 is 2.39 bits per heavy atom. The van der Waals surface area contributed by atoms with E-state index in [-0.39, 0.29) is 24.8 Å². The van der Waals surface area contributed by atoms with Crippen LogP contribution in [0.2, 0.25) is 0 Å². The van der Waals surface area contributed by atoms with Gasteiger partial charge in [0, 0.05) is 32.1 Å². The van der Waals surface area contributed by atoms with Crippen molar-refractivity contribution >= 4 is 39.1 Å². The van der Waals surface area contributed by atoms with Crippen molar-refractivity contribution in [3.8, 4) is 17.2 Å². The van der Waals surface area contributed by atoms with Crippen molar-refractivity contribution in [3.63, 3.8) is 0 Å². The molecule has 2 aromatic carbocycles. The van der Waals surface area contributed by atoms with Crippen LogP contribution in [0.15, 0.2) is 41.4 Å². The summed E-state index contributed by atoms with van der Waals surface area (Å²) in [6, 6.07) is 11.3. The molecular formula is C22H23N3O5S. The summed E-state index contributed by atoms with van der Waals surface area (Å²) in [5.41, 5.74) is 1.60. The molecule has 1 fully saturated rings. The highest BCUT2D eigenvalue weighted by molar-refractivity contribution is 7.16. The molecule has 0 saturated carbocycles. The van der Waals surface area contributed by atoms with Gasteiger partial charge in [0.15, 0.2) is 16.3 Å². The van der Waals surface area contributed by atoms with Crippen molar-refractivity contribution < 1.29 is 23.8 Å². The first kappa shape index (κ1) is 20.9. The van der Waals surface area contributed by atoms with E-state index >= 15 is 0 Å². The normalized spacial score (nSPS) is 16.8. The second-order valence-electron chi connectivity index (χ2n) is 7.15. The molecule has 1 aliphatic rings. The first-order valence-corrected chi connectivity index (χ1v) is 10.5. The van der Waals surface area contributed by atoms with E-state index in [4.69, 9.17) is 14.2 Å². The lowest BCUT2D eigenvalue weighted by Gasteiger charge is -2.20. The van der Waals surface area contributed by atoms with Gasteiger partial charge in [0.2, 0.25) is 11.7 Å². The first-order valence-electron chi connectivity index (χ1n) is 9.70. The molecule has 0 unspecified atom stereocenters. The highest BCUT2D eigenvalue weighted by Gasteiger charge is 2.36. The number of hydrogen-bond acceptors (Lipinski definition) is 6. The molecule has 1 aromatic heterocycles. The molecule has 2 heterocycles. The number of benzene rings is 2. The quantitative estimate of drug-likeness (QED) is 0.608. The van der Waals surface area contributed by atoms with Crippen LogP contribution in [-0.2, 0) is 16.6 Å². The van der Waals surface area contributed by atoms with E-state index in [1.807, 2.05) is 35.9 Å². The number of hydrogen-bond donors (Lipinski definition) is 0. The number of amides is 2. The second kappa shape index (κ2) is 8.43. The summed E-state index contributed by atoms with van der Waals surface area (Å²) in [4.78, 5) is 32.1. The minimum Gasteiger partial charge on any atom is -0.493 e. The first-order chi connectivity index (χ1) is 15.0. The van der Waals surface area contributed by atoms with Crippen LogP contribution < -0.4 is 23.9 Å². The molecule has 31 heavy (non-hydrogen) atoms. The van der Waals surface area contributed by atoms with Gasteiger partial charge in [-0.2, -0.15) is 4.99 Å². The molecule has 162 valence electrons. The summed E-state index contributed by atoms with van der Waals surface area (Å²) in [5.74, 6) is 0.369. The van der Waals surface area contributed by atoms with Crippen LogP contribution in [0.3, 0.4) is 0 Å². The van der Waals surface area contributed by atoms with Crippen LogP contribution >= 0.6 is 11.3 Å². The van der Waals surface area contributed by atoms with E-state index in [1.165, 1.54) is 32.7 Å². The third-order valence-corrected chi connectivity index (χ3v) is 6.47. The molecule has 9 heteroatoms. The van der Waals surface area contributed by atoms with Crippen molar-refractivity contribution in [2.75, 3.05) is 32.8 Å². The molecule has 0 bridgehead atoms. The van der Waals surface area contributed by atoms with Gasteiger partial charge in [-0.05, 0) is 12.1 Å². The zero-order valence-corrected chi connectivity index (χ0v) is 18.6. The number of carbonyl (C=O) groups excluding carboxylic acids is 2. The van der Waals surface area contributed by atoms with Gasteiger partial charge in [0.05, 0.1) is 43.2 Å². The van der Waals surface area contributed by atoms with Crippen molar-refractivity contribution in [3.05, 3.63) is 41.2 Å². The SMILES string of the molecule is COc1cc(N2C[C@H](C(=O)N=c3sc4ccccc4n3C)CC2=O)cc(OC)c1OC. The fourth-order valence-corrected chi connectivity index (χ4v) is 4.74. The lowest BCUT2D eigenvalue weighted by molar-refractivity contribution is -0.123. The highest BCUT2D eigenvalue weighted by atomic mass is 32.1. The number of nitrogens with zero attached hydrogens (tertiary/aromatic N) is 3. The van der Waals surface area contributed by atoms with Crippen LogP contribution in [0.25, 0.3) is 10.2 Å². The zero-order valence-electron chi connectivity index (χ0n) is 17.7. The molecular weight excluding hydrogens is 418 g/mol. The lowest BCUT2D eigenvalue weighted by Crippen LogP contribution is -2.26. The van der Waals surface area contributed by atoms with Gasteiger partial charge in [0.25, 0.3) is 5.91 Å². The maximum atomic E-state index is 12.9. The summed E-state index contributed by atoms with van der Waals surface area (Å²) in [5, 5.41) is 0. The molecule has 3 aromatic rings. The fourth-order valence-electron chi connectivity index (χ4n) is 3.72. The number of carbonyl (C=O) groups is 2. The van der Waals surface area contributed by atoms with E-state index in [0.29, 0.717) is 27.7 Å². The summed E-state index contributed by atoms with van der Waals surface area (Å²) in [6.07, 6.45) is 0.105. The molecule has 1 aliphatic heterocycles. The predicted molar refractivity (Wildman–Crippen MR) is 118 cm³/mol. The van der Waals surface area contributed by atoms with Crippen molar-refractivity contribution in [1.82, 2.24) is 4.57 Å². The maximum absolute atomic E-state index is 12.9. The number of aryl methyl sites for hydroxylation is 1. The topological polar surface area (TPSA) is 82.4 Å². The van der Waals surface area contributed by atoms with Gasteiger partial charge >= 0.3 is 0 Å². The lowest BCUT2D eigenvalue weighted by atomic mass is 10.1. The molecule has 0 radical (unpaired) electrons. The van der Waals surface area contributed by atoms with Gasteiger partial charge in [0.1, 0.15) is 0 Å². The van der Waals surface area contributed by atoms with E-state index in [0.717, 1.165) is 10.2 Å². The monoisotopic (exact) mass is 441 g/mol. The standard InChI is InChI=1S/C22H23N3O5S/c1-24-15-7-5-6-8-18(15)31-22(24)23-21(27)13-9-19(26)25(12-13)14-10-16(28-2)20(30-4)17(11-14)29-3/h5-8,10-11,13H,9,12H2,1-4H3/t13-/m1/s1. The van der Waals surface area contributed by atoms with Gasteiger partial charge < -0.3 is 23.7 Å². The Morgan fingerprint density at radius 2 is 1.77 bits per heavy atom. The highest BCUT2D eigenvalue weighted by Crippen LogP contribution is 2.42. The number of anilines is 1. The fraction of sp³-hybridized carbons (Fsp3) is 0.318. The Labute approximate surface area is 183 Å². The smallest absolute Gasteiger partial charge is 0.253 e. The number of aromatic nitrogens is 1. The van der Waals surface area contributed by atoms with Gasteiger partial charge in [-0.1, -0.05) is 23.5 Å². The maximum Gasteiger partial charge on any atom is 0.253 e. The third kappa shape index (κ3) is 3.76. The van der Waals surface area contributed by atoms with Crippen molar-refractivity contribution in [1.29, 1.82) is 0 Å². The van der Waals surface area contributed by atoms with E-state index < -0.39 is 5.92 Å². The van der Waals surface area contributed by atoms with Crippen LogP contribution in [-0.4, -0.2) is 44.3 Å². The predicted octanol–water partition coefficient (Wildman–Crippen LogP) is 2.75. The van der Waals surface area contributed by atoms with Crippen molar-refractivity contribution in [2.24, 2.45) is 18.0 Å². The molecule has 0 aliphatic carbocycles. The molecule has 1 saturated heterocycles. The van der Waals surface area contributed by atoms with Gasteiger partial charge in [-0.25, -0.2) is 0 Å². The number of fused-ring (bicyclic) bond motifs is 1. The third-order valence-electron chi connectivity index (χ3n) is 5.36. The van der Waals surface area contributed by atoms with E-state index in [1.54, 1.807) is 17.0 Å². The molecule has 2 amide bonds. The average Bonchev–Trinajstić information content (AvgIpc) is 3.33. The van der Waals surface area contributed by atoms with Crippen LogP contribution in [0.1, 0.15) is 6.42 Å². The second-order valence-corrected chi connectivity index (χ2v) is 8.16. The van der Waals surface area contributed by atoms with E-state index in [9.17, 15) is 9.59 Å². The molecule has 8 nitrogen and oxygen atoms in total. The number of methoxy groups -OCH3 is 3. The summed E-state index contributed by atoms with van der Waals surface area (Å²) in [6.45, 7) is 0.244. The minimum atomic E-state index is -0.517. The number of para-hydroxylation sites is 1. The van der Waals surface area contributed by atoms with Crippen LogP contribution in [0.5, 0.6) is 17.2 Å².